The molecule has 0 spiro atoms. The number of aromatic nitrogens is 2. The number of aromatic amines is 1. The van der Waals surface area contributed by atoms with Crippen LogP contribution >= 0.6 is 0 Å². The fourth-order valence-electron chi connectivity index (χ4n) is 2.81. The molecule has 5 unspecified atom stereocenters. The van der Waals surface area contributed by atoms with Crippen LogP contribution in [0.5, 0.6) is 0 Å². The van der Waals surface area contributed by atoms with Crippen LogP contribution in [0.3, 0.4) is 0 Å². The zero-order valence-corrected chi connectivity index (χ0v) is 19.2. The molecule has 1 aromatic heterocycles. The van der Waals surface area contributed by atoms with Crippen LogP contribution in [-0.2, 0) is 25.6 Å². The van der Waals surface area contributed by atoms with Crippen molar-refractivity contribution in [2.24, 2.45) is 22.2 Å². The van der Waals surface area contributed by atoms with Crippen molar-refractivity contribution in [3.8, 4) is 0 Å². The first kappa shape index (κ1) is 29.3. The van der Waals surface area contributed by atoms with E-state index in [4.69, 9.17) is 17.2 Å². The highest BCUT2D eigenvalue weighted by Gasteiger charge is 2.31. The Morgan fingerprint density at radius 1 is 1.09 bits per heavy atom. The predicted octanol–water partition coefficient (Wildman–Crippen LogP) is -4.75. The Morgan fingerprint density at radius 3 is 2.20 bits per heavy atom. The van der Waals surface area contributed by atoms with Crippen LogP contribution < -0.4 is 33.2 Å². The van der Waals surface area contributed by atoms with E-state index in [1.165, 1.54) is 19.4 Å². The van der Waals surface area contributed by atoms with Crippen LogP contribution in [0, 0.1) is 0 Å². The molecule has 0 fully saturated rings. The number of aliphatic hydroxyl groups is 2. The number of hydrogen-bond acceptors (Lipinski definition) is 9. The minimum Gasteiger partial charge on any atom is -0.480 e. The largest absolute Gasteiger partial charge is 0.480 e. The van der Waals surface area contributed by atoms with Crippen molar-refractivity contribution in [2.45, 2.75) is 56.5 Å². The molecule has 0 bridgehead atoms. The molecular weight excluding hydrogens is 466 g/mol. The average Bonchev–Trinajstić information content (AvgIpc) is 3.30. The monoisotopic (exact) mass is 499 g/mol. The second kappa shape index (κ2) is 14.5. The van der Waals surface area contributed by atoms with E-state index in [2.05, 4.69) is 30.9 Å². The number of carbonyl (C=O) groups excluding carboxylic acids is 3. The molecule has 196 valence electrons. The van der Waals surface area contributed by atoms with Gasteiger partial charge in [-0.05, 0) is 19.8 Å². The molecule has 16 nitrogen and oxygen atoms in total. The summed E-state index contributed by atoms with van der Waals surface area (Å²) in [6.07, 6.45) is 1.71. The smallest absolute Gasteiger partial charge is 0.326 e. The Balaban J connectivity index is 2.93. The first-order valence-electron chi connectivity index (χ1n) is 10.7. The molecular formula is C19H33N9O7. The number of imidazole rings is 1. The molecule has 0 saturated carbocycles. The lowest BCUT2D eigenvalue weighted by Crippen LogP contribution is -2.59. The Kier molecular flexibility index (Phi) is 12.1. The first-order valence-corrected chi connectivity index (χ1v) is 10.7. The lowest BCUT2D eigenvalue weighted by atomic mass is 10.1. The van der Waals surface area contributed by atoms with Crippen LogP contribution in [0.25, 0.3) is 0 Å². The molecule has 1 rings (SSSR count). The third kappa shape index (κ3) is 10.4. The van der Waals surface area contributed by atoms with E-state index in [0.717, 1.165) is 0 Å². The standard InChI is InChI=1S/C19H33N9O7/c1-9(30)14(20)17(33)28-13(7-29)16(32)27-12(5-10-6-23-8-25-10)15(31)26-11(18(34)35)3-2-4-24-19(21)22/h6,8-9,11-14,29-30H,2-5,7,20H2,1H3,(H,23,25)(H,26,31)(H,27,32)(H,28,33)(H,34,35)(H4,21,22,24). The van der Waals surface area contributed by atoms with E-state index in [-0.39, 0.29) is 31.8 Å². The number of nitrogens with zero attached hydrogens (tertiary/aromatic N) is 2. The Hall–Kier alpha value is -3.76. The van der Waals surface area contributed by atoms with E-state index >= 15 is 0 Å². The fourth-order valence-corrected chi connectivity index (χ4v) is 2.81. The number of guanidine groups is 1. The number of aliphatic imine (C=N–C) groups is 1. The molecule has 1 aromatic rings. The summed E-state index contributed by atoms with van der Waals surface area (Å²) in [5, 5.41) is 35.4. The molecule has 5 atom stereocenters. The number of H-pyrrole nitrogens is 1. The molecule has 0 aliphatic heterocycles. The summed E-state index contributed by atoms with van der Waals surface area (Å²) in [4.78, 5) is 59.6. The van der Waals surface area contributed by atoms with E-state index in [1.54, 1.807) is 0 Å². The van der Waals surface area contributed by atoms with Crippen LogP contribution in [-0.4, -0.2) is 98.4 Å². The fraction of sp³-hybridized carbons (Fsp3) is 0.579. The van der Waals surface area contributed by atoms with Gasteiger partial charge in [-0.3, -0.25) is 19.4 Å². The van der Waals surface area contributed by atoms with Crippen LogP contribution in [0.1, 0.15) is 25.5 Å². The minimum absolute atomic E-state index is 0.00906. The van der Waals surface area contributed by atoms with E-state index in [1.807, 2.05) is 0 Å². The lowest BCUT2D eigenvalue weighted by molar-refractivity contribution is -0.142. The zero-order chi connectivity index (χ0) is 26.5. The number of nitrogens with two attached hydrogens (primary N) is 3. The Bertz CT molecular complexity index is 872. The number of carboxylic acid groups (broad SMARTS) is 1. The van der Waals surface area contributed by atoms with Gasteiger partial charge in [-0.25, -0.2) is 9.78 Å². The summed E-state index contributed by atoms with van der Waals surface area (Å²) < 4.78 is 0. The number of carboxylic acids is 1. The lowest BCUT2D eigenvalue weighted by Gasteiger charge is -2.24. The highest BCUT2D eigenvalue weighted by atomic mass is 16.4. The van der Waals surface area contributed by atoms with Crippen molar-refractivity contribution < 1.29 is 34.5 Å². The summed E-state index contributed by atoms with van der Waals surface area (Å²) in [5.41, 5.74) is 16.4. The quantitative estimate of drug-likeness (QED) is 0.0620. The second-order valence-corrected chi connectivity index (χ2v) is 7.70. The van der Waals surface area contributed by atoms with Crippen molar-refractivity contribution in [3.63, 3.8) is 0 Å². The third-order valence-corrected chi connectivity index (χ3v) is 4.81. The highest BCUT2D eigenvalue weighted by Crippen LogP contribution is 2.04. The molecule has 0 saturated heterocycles. The van der Waals surface area contributed by atoms with Gasteiger partial charge in [0.1, 0.15) is 24.2 Å². The van der Waals surface area contributed by atoms with Crippen molar-refractivity contribution >= 4 is 29.7 Å². The molecule has 0 radical (unpaired) electrons. The number of rotatable bonds is 15. The molecule has 0 aliphatic carbocycles. The minimum atomic E-state index is -1.49. The summed E-state index contributed by atoms with van der Waals surface area (Å²) in [5.74, 6) is -4.11. The van der Waals surface area contributed by atoms with Crippen LogP contribution in [0.15, 0.2) is 17.5 Å². The normalized spacial score (nSPS) is 15.1. The maximum Gasteiger partial charge on any atom is 0.326 e. The van der Waals surface area contributed by atoms with Gasteiger partial charge in [0.15, 0.2) is 5.96 Å². The topological polar surface area (TPSA) is 284 Å². The Morgan fingerprint density at radius 2 is 1.69 bits per heavy atom. The van der Waals surface area contributed by atoms with Crippen molar-refractivity contribution in [3.05, 3.63) is 18.2 Å². The van der Waals surface area contributed by atoms with Gasteiger partial charge in [0, 0.05) is 24.9 Å². The maximum atomic E-state index is 12.9. The van der Waals surface area contributed by atoms with Crippen molar-refractivity contribution in [1.82, 2.24) is 25.9 Å². The third-order valence-electron chi connectivity index (χ3n) is 4.81. The van der Waals surface area contributed by atoms with Gasteiger partial charge < -0.3 is 53.5 Å². The van der Waals surface area contributed by atoms with Crippen LogP contribution in [0.2, 0.25) is 0 Å². The molecule has 0 aromatic carbocycles. The van der Waals surface area contributed by atoms with E-state index in [9.17, 15) is 34.5 Å². The summed E-state index contributed by atoms with van der Waals surface area (Å²) in [6.45, 7) is 0.604. The SMILES string of the molecule is CC(O)C(N)C(=O)NC(CO)C(=O)NC(Cc1cnc[nH]1)C(=O)NC(CCCN=C(N)N)C(=O)O. The van der Waals surface area contributed by atoms with Crippen LogP contribution in [0.4, 0.5) is 0 Å². The van der Waals surface area contributed by atoms with Gasteiger partial charge in [0.2, 0.25) is 17.7 Å². The first-order chi connectivity index (χ1) is 16.5. The summed E-state index contributed by atoms with van der Waals surface area (Å²) >= 11 is 0. The molecule has 16 heteroatoms. The molecule has 13 N–H and O–H groups in total. The van der Waals surface area contributed by atoms with Gasteiger partial charge in [-0.15, -0.1) is 0 Å². The van der Waals surface area contributed by atoms with Crippen molar-refractivity contribution in [1.29, 1.82) is 0 Å². The predicted molar refractivity (Wildman–Crippen MR) is 122 cm³/mol. The van der Waals surface area contributed by atoms with E-state index < -0.39 is 60.6 Å². The van der Waals surface area contributed by atoms with Gasteiger partial charge in [0.05, 0.1) is 19.0 Å². The number of amides is 3. The van der Waals surface area contributed by atoms with Gasteiger partial charge in [-0.2, -0.15) is 0 Å². The molecule has 35 heavy (non-hydrogen) atoms. The van der Waals surface area contributed by atoms with Gasteiger partial charge >= 0.3 is 5.97 Å². The second-order valence-electron chi connectivity index (χ2n) is 7.70. The molecule has 1 heterocycles. The average molecular weight is 500 g/mol. The zero-order valence-electron chi connectivity index (χ0n) is 19.2. The maximum absolute atomic E-state index is 12.9. The molecule has 3 amide bonds. The number of aliphatic hydroxyl groups excluding tert-OH is 2. The Labute approximate surface area is 200 Å². The van der Waals surface area contributed by atoms with Crippen molar-refractivity contribution in [2.75, 3.05) is 13.2 Å². The number of nitrogens with one attached hydrogen (secondary N) is 4. The van der Waals surface area contributed by atoms with E-state index in [0.29, 0.717) is 5.69 Å². The number of hydrogen-bond donors (Lipinski definition) is 10. The summed E-state index contributed by atoms with van der Waals surface area (Å²) in [6, 6.07) is -5.43. The highest BCUT2D eigenvalue weighted by molar-refractivity contribution is 5.94. The van der Waals surface area contributed by atoms with Gasteiger partial charge in [-0.1, -0.05) is 0 Å². The number of carbonyl (C=O) groups is 4. The number of aliphatic carboxylic acids is 1. The van der Waals surface area contributed by atoms with Gasteiger partial charge in [0.25, 0.3) is 0 Å². The molecule has 0 aliphatic rings. The summed E-state index contributed by atoms with van der Waals surface area (Å²) in [7, 11) is 0.